The molecule has 3 rings (SSSR count). The van der Waals surface area contributed by atoms with Crippen molar-refractivity contribution in [3.8, 4) is 6.07 Å². The Kier molecular flexibility index (Phi) is 6.99. The van der Waals surface area contributed by atoms with Crippen LogP contribution in [0, 0.1) is 32.1 Å². The van der Waals surface area contributed by atoms with Crippen LogP contribution in [-0.4, -0.2) is 19.3 Å². The number of rotatable bonds is 7. The average molecular weight is 465 g/mol. The van der Waals surface area contributed by atoms with Gasteiger partial charge in [-0.2, -0.15) is 5.26 Å². The van der Waals surface area contributed by atoms with Crippen molar-refractivity contribution in [2.75, 3.05) is 10.0 Å². The number of aromatic nitrogens is 1. The van der Waals surface area contributed by atoms with Crippen molar-refractivity contribution in [1.82, 2.24) is 4.98 Å². The lowest BCUT2D eigenvalue weighted by atomic mass is 9.99. The summed E-state index contributed by atoms with van der Waals surface area (Å²) >= 11 is 0. The molecule has 0 aliphatic carbocycles. The van der Waals surface area contributed by atoms with Crippen LogP contribution in [0.3, 0.4) is 0 Å². The van der Waals surface area contributed by atoms with Gasteiger partial charge in [-0.15, -0.1) is 0 Å². The summed E-state index contributed by atoms with van der Waals surface area (Å²) in [4.78, 5) is 27.0. The van der Waals surface area contributed by atoms with Crippen molar-refractivity contribution in [2.24, 2.45) is 0 Å². The molecule has 1 amide bonds. The number of nitrogens with zero attached hydrogens (tertiary/aromatic N) is 1. The molecule has 0 spiro atoms. The van der Waals surface area contributed by atoms with Gasteiger partial charge in [-0.3, -0.25) is 14.3 Å². The fourth-order valence-corrected chi connectivity index (χ4v) is 4.49. The van der Waals surface area contributed by atoms with Gasteiger partial charge in [-0.25, -0.2) is 8.42 Å². The molecule has 3 N–H and O–H groups in total. The number of nitrogens with one attached hydrogen (secondary N) is 3. The lowest BCUT2D eigenvalue weighted by Gasteiger charge is -2.12. The fraction of sp³-hybridized carbons (Fsp3) is 0.208. The molecule has 1 aromatic heterocycles. The lowest BCUT2D eigenvalue weighted by Crippen LogP contribution is -2.18. The highest BCUT2D eigenvalue weighted by molar-refractivity contribution is 7.92. The van der Waals surface area contributed by atoms with Crippen molar-refractivity contribution < 1.29 is 13.2 Å². The number of hydrogen-bond donors (Lipinski definition) is 3. The number of sulfonamides is 1. The molecule has 0 aliphatic rings. The number of hydrogen-bond acceptors (Lipinski definition) is 5. The molecule has 170 valence electrons. The zero-order valence-corrected chi connectivity index (χ0v) is 19.3. The van der Waals surface area contributed by atoms with Gasteiger partial charge < -0.3 is 10.3 Å². The first-order valence-electron chi connectivity index (χ1n) is 10.2. The van der Waals surface area contributed by atoms with Crippen LogP contribution in [0.25, 0.3) is 0 Å². The second-order valence-electron chi connectivity index (χ2n) is 7.71. The molecule has 0 bridgehead atoms. The van der Waals surface area contributed by atoms with Crippen LogP contribution >= 0.6 is 0 Å². The summed E-state index contributed by atoms with van der Waals surface area (Å²) in [7, 11) is -3.71. The van der Waals surface area contributed by atoms with Gasteiger partial charge in [-0.05, 0) is 74.7 Å². The Morgan fingerprint density at radius 2 is 1.61 bits per heavy atom. The molecule has 3 aromatic rings. The molecule has 0 fully saturated rings. The summed E-state index contributed by atoms with van der Waals surface area (Å²) in [5.74, 6) is -0.244. The van der Waals surface area contributed by atoms with Gasteiger partial charge in [0.05, 0.1) is 4.90 Å². The number of carbonyl (C=O) groups is 1. The first-order valence-corrected chi connectivity index (χ1v) is 11.7. The summed E-state index contributed by atoms with van der Waals surface area (Å²) in [6, 6.07) is 14.8. The van der Waals surface area contributed by atoms with Gasteiger partial charge in [0.2, 0.25) is 5.91 Å². The molecule has 0 atom stereocenters. The number of pyridine rings is 1. The first kappa shape index (κ1) is 23.8. The Morgan fingerprint density at radius 1 is 1.00 bits per heavy atom. The number of aromatic amines is 1. The zero-order valence-electron chi connectivity index (χ0n) is 18.5. The quantitative estimate of drug-likeness (QED) is 0.492. The van der Waals surface area contributed by atoms with E-state index in [0.717, 1.165) is 11.1 Å². The summed E-state index contributed by atoms with van der Waals surface area (Å²) in [5, 5.41) is 11.9. The molecule has 0 aliphatic heterocycles. The van der Waals surface area contributed by atoms with Crippen LogP contribution in [0.5, 0.6) is 0 Å². The highest BCUT2D eigenvalue weighted by atomic mass is 32.2. The van der Waals surface area contributed by atoms with Gasteiger partial charge >= 0.3 is 0 Å². The number of nitriles is 1. The molecule has 33 heavy (non-hydrogen) atoms. The minimum atomic E-state index is -3.71. The summed E-state index contributed by atoms with van der Waals surface area (Å²) in [6.07, 6.45) is 0.518. The minimum Gasteiger partial charge on any atom is -0.326 e. The van der Waals surface area contributed by atoms with E-state index in [4.69, 9.17) is 5.26 Å². The molecule has 9 heteroatoms. The van der Waals surface area contributed by atoms with Crippen molar-refractivity contribution >= 4 is 27.3 Å². The van der Waals surface area contributed by atoms with Gasteiger partial charge in [0, 0.05) is 23.5 Å². The molecule has 0 saturated heterocycles. The Morgan fingerprint density at radius 3 is 2.21 bits per heavy atom. The topological polar surface area (TPSA) is 132 Å². The summed E-state index contributed by atoms with van der Waals surface area (Å²) < 4.78 is 27.5. The third kappa shape index (κ3) is 5.67. The third-order valence-electron chi connectivity index (χ3n) is 5.27. The zero-order chi connectivity index (χ0) is 24.2. The van der Waals surface area contributed by atoms with Gasteiger partial charge in [-0.1, -0.05) is 17.7 Å². The highest BCUT2D eigenvalue weighted by Crippen LogP contribution is 2.20. The Labute approximate surface area is 192 Å². The molecule has 0 unspecified atom stereocenters. The van der Waals surface area contributed by atoms with Crippen molar-refractivity contribution in [3.63, 3.8) is 0 Å². The fourth-order valence-electron chi connectivity index (χ4n) is 3.44. The van der Waals surface area contributed by atoms with E-state index in [0.29, 0.717) is 29.1 Å². The second-order valence-corrected chi connectivity index (χ2v) is 9.40. The number of anilines is 2. The SMILES string of the molecule is Cc1ccc(S(=O)(=O)Nc2ccc(NC(=O)CCc3c(C)[nH]c(=O)c(C#N)c3C)cc2)cc1. The lowest BCUT2D eigenvalue weighted by molar-refractivity contribution is -0.116. The number of carbonyl (C=O) groups excluding carboxylic acids is 1. The Balaban J connectivity index is 1.62. The predicted molar refractivity (Wildman–Crippen MR) is 127 cm³/mol. The van der Waals surface area contributed by atoms with Crippen LogP contribution in [-0.2, 0) is 21.2 Å². The van der Waals surface area contributed by atoms with Gasteiger partial charge in [0.25, 0.3) is 15.6 Å². The molecular weight excluding hydrogens is 440 g/mol. The van der Waals surface area contributed by atoms with Crippen molar-refractivity contribution in [2.45, 2.75) is 38.5 Å². The highest BCUT2D eigenvalue weighted by Gasteiger charge is 2.15. The normalized spacial score (nSPS) is 11.0. The largest absolute Gasteiger partial charge is 0.326 e. The molecule has 2 aromatic carbocycles. The van der Waals surface area contributed by atoms with Crippen molar-refractivity contribution in [3.05, 3.63) is 86.8 Å². The van der Waals surface area contributed by atoms with E-state index in [1.165, 1.54) is 12.1 Å². The first-order chi connectivity index (χ1) is 15.6. The second kappa shape index (κ2) is 9.71. The van der Waals surface area contributed by atoms with E-state index < -0.39 is 15.6 Å². The Hall–Kier alpha value is -3.90. The number of aryl methyl sites for hydroxylation is 2. The maximum Gasteiger partial charge on any atom is 0.266 e. The van der Waals surface area contributed by atoms with Gasteiger partial charge in [0.15, 0.2) is 0 Å². The molecule has 0 radical (unpaired) electrons. The Bertz CT molecular complexity index is 1380. The minimum absolute atomic E-state index is 0.0553. The van der Waals surface area contributed by atoms with Crippen LogP contribution in [0.15, 0.2) is 58.2 Å². The van der Waals surface area contributed by atoms with E-state index in [-0.39, 0.29) is 22.8 Å². The maximum atomic E-state index is 12.5. The monoisotopic (exact) mass is 464 g/mol. The molecule has 1 heterocycles. The van der Waals surface area contributed by atoms with E-state index >= 15 is 0 Å². The van der Waals surface area contributed by atoms with Crippen LogP contribution < -0.4 is 15.6 Å². The van der Waals surface area contributed by atoms with E-state index in [1.807, 2.05) is 13.0 Å². The number of amides is 1. The summed E-state index contributed by atoms with van der Waals surface area (Å²) in [5.41, 5.74) is 3.46. The van der Waals surface area contributed by atoms with Gasteiger partial charge in [0.1, 0.15) is 11.6 Å². The molecule has 0 saturated carbocycles. The average Bonchev–Trinajstić information content (AvgIpc) is 2.75. The smallest absolute Gasteiger partial charge is 0.266 e. The van der Waals surface area contributed by atoms with Crippen LogP contribution in [0.1, 0.15) is 34.4 Å². The maximum absolute atomic E-state index is 12.5. The standard InChI is InChI=1S/C24H24N4O4S/c1-15-4-10-20(11-5-15)33(31,32)28-19-8-6-18(7-9-19)27-23(29)13-12-21-16(2)22(14-25)24(30)26-17(21)3/h4-11,28H,12-13H2,1-3H3,(H,26,30)(H,27,29). The van der Waals surface area contributed by atoms with E-state index in [9.17, 15) is 18.0 Å². The third-order valence-corrected chi connectivity index (χ3v) is 6.67. The predicted octanol–water partition coefficient (Wildman–Crippen LogP) is 3.54. The van der Waals surface area contributed by atoms with Crippen LogP contribution in [0.2, 0.25) is 0 Å². The number of benzene rings is 2. The summed E-state index contributed by atoms with van der Waals surface area (Å²) in [6.45, 7) is 5.31. The van der Waals surface area contributed by atoms with E-state index in [2.05, 4.69) is 15.0 Å². The van der Waals surface area contributed by atoms with Crippen molar-refractivity contribution in [1.29, 1.82) is 5.26 Å². The number of H-pyrrole nitrogens is 1. The van der Waals surface area contributed by atoms with Crippen LogP contribution in [0.4, 0.5) is 11.4 Å². The molecule has 8 nitrogen and oxygen atoms in total. The molecular formula is C24H24N4O4S. The van der Waals surface area contributed by atoms with E-state index in [1.54, 1.807) is 50.2 Å².